The molecule has 1 heterocycles. The van der Waals surface area contributed by atoms with E-state index in [-0.39, 0.29) is 12.1 Å². The maximum absolute atomic E-state index is 13.8. The molecular weight excluding hydrogens is 571 g/mol. The number of amides is 3. The van der Waals surface area contributed by atoms with Gasteiger partial charge in [-0.15, -0.1) is 11.8 Å². The maximum Gasteiger partial charge on any atom is 0.335 e. The number of fused-ring (bicyclic) bond motifs is 1. The number of anilines is 1. The van der Waals surface area contributed by atoms with Gasteiger partial charge in [0.25, 0.3) is 0 Å². The molecule has 0 aliphatic carbocycles. The third-order valence-electron chi connectivity index (χ3n) is 6.75. The minimum absolute atomic E-state index is 0.148. The number of rotatable bonds is 7. The number of ether oxygens (including phenoxy) is 1. The number of hydrogen-bond donors (Lipinski definition) is 3. The minimum atomic E-state index is -2.18. The van der Waals surface area contributed by atoms with Gasteiger partial charge in [0.15, 0.2) is 0 Å². The highest BCUT2D eigenvalue weighted by Gasteiger charge is 2.44. The Morgan fingerprint density at radius 1 is 1.00 bits per heavy atom. The number of carbonyl (C=O) groups is 4. The van der Waals surface area contributed by atoms with Crippen LogP contribution in [0.3, 0.4) is 0 Å². The summed E-state index contributed by atoms with van der Waals surface area (Å²) >= 11 is 1.48. The molecule has 0 radical (unpaired) electrons. The van der Waals surface area contributed by atoms with Crippen molar-refractivity contribution >= 4 is 65.4 Å². The normalized spacial score (nSPS) is 17.1. The third kappa shape index (κ3) is 6.96. The molecule has 11 heteroatoms. The summed E-state index contributed by atoms with van der Waals surface area (Å²) in [6, 6.07) is 17.0. The molecule has 1 aliphatic rings. The minimum Gasteiger partial charge on any atom is -0.478 e. The summed E-state index contributed by atoms with van der Waals surface area (Å²) in [7, 11) is -2.18. The van der Waals surface area contributed by atoms with Crippen molar-refractivity contribution in [2.75, 3.05) is 17.6 Å². The van der Waals surface area contributed by atoms with Crippen LogP contribution in [0.2, 0.25) is 19.6 Å². The molecule has 9 nitrogen and oxygen atoms in total. The molecule has 0 aromatic heterocycles. The number of hydrogen-bond acceptors (Lipinski definition) is 6. The van der Waals surface area contributed by atoms with E-state index in [9.17, 15) is 24.3 Å². The van der Waals surface area contributed by atoms with E-state index in [4.69, 9.17) is 4.74 Å². The van der Waals surface area contributed by atoms with Crippen LogP contribution < -0.4 is 15.8 Å². The number of nitrogens with zero attached hydrogens (tertiary/aromatic N) is 1. The van der Waals surface area contributed by atoms with E-state index in [1.807, 2.05) is 62.1 Å². The Morgan fingerprint density at radius 2 is 1.67 bits per heavy atom. The summed E-state index contributed by atoms with van der Waals surface area (Å²) in [5.41, 5.74) is 0.712. The summed E-state index contributed by atoms with van der Waals surface area (Å²) in [5, 5.41) is 17.2. The van der Waals surface area contributed by atoms with Crippen molar-refractivity contribution in [3.8, 4) is 0 Å². The lowest BCUT2D eigenvalue weighted by molar-refractivity contribution is -0.163. The SMILES string of the molecule is CC(C)(C)OC(=O)[C@@H]1CSC(c2cccc3ccccc23)N1C(=O)CNC(=O)Nc1cccc(C(=O)O)c1[Si](C)(C)C. The van der Waals surface area contributed by atoms with Crippen molar-refractivity contribution in [3.05, 3.63) is 71.8 Å². The van der Waals surface area contributed by atoms with Gasteiger partial charge in [0.05, 0.1) is 20.2 Å². The average Bonchev–Trinajstić information content (AvgIpc) is 3.35. The largest absolute Gasteiger partial charge is 0.478 e. The maximum atomic E-state index is 13.8. The monoisotopic (exact) mass is 607 g/mol. The highest BCUT2D eigenvalue weighted by Crippen LogP contribution is 2.44. The molecule has 3 amide bonds. The molecule has 4 rings (SSSR count). The second-order valence-electron chi connectivity index (χ2n) is 12.2. The second kappa shape index (κ2) is 12.2. The fraction of sp³-hybridized carbons (Fsp3) is 0.355. The zero-order valence-electron chi connectivity index (χ0n) is 24.7. The molecular formula is C31H37N3O6SSi. The number of carbonyl (C=O) groups excluding carboxylic acids is 3. The van der Waals surface area contributed by atoms with Crippen LogP contribution >= 0.6 is 11.8 Å². The van der Waals surface area contributed by atoms with E-state index in [0.29, 0.717) is 16.6 Å². The number of urea groups is 1. The first-order valence-corrected chi connectivity index (χ1v) is 18.3. The van der Waals surface area contributed by atoms with Gasteiger partial charge in [-0.2, -0.15) is 0 Å². The Morgan fingerprint density at radius 3 is 2.33 bits per heavy atom. The summed E-state index contributed by atoms with van der Waals surface area (Å²) in [5.74, 6) is -1.65. The fourth-order valence-electron chi connectivity index (χ4n) is 5.12. The van der Waals surface area contributed by atoms with Crippen molar-refractivity contribution in [3.63, 3.8) is 0 Å². The Hall–Kier alpha value is -3.83. The van der Waals surface area contributed by atoms with Gasteiger partial charge in [0.1, 0.15) is 17.0 Å². The van der Waals surface area contributed by atoms with Gasteiger partial charge in [-0.1, -0.05) is 68.2 Å². The van der Waals surface area contributed by atoms with Crippen LogP contribution in [0.15, 0.2) is 60.7 Å². The van der Waals surface area contributed by atoms with E-state index in [2.05, 4.69) is 10.6 Å². The first-order valence-electron chi connectivity index (χ1n) is 13.7. The number of aromatic carboxylic acids is 1. The van der Waals surface area contributed by atoms with Crippen molar-refractivity contribution < 1.29 is 29.0 Å². The predicted molar refractivity (Wildman–Crippen MR) is 169 cm³/mol. The molecule has 2 atom stereocenters. The lowest BCUT2D eigenvalue weighted by Crippen LogP contribution is -2.49. The first kappa shape index (κ1) is 31.1. The molecule has 3 aromatic carbocycles. The number of thioether (sulfide) groups is 1. The summed E-state index contributed by atoms with van der Waals surface area (Å²) in [4.78, 5) is 53.4. The van der Waals surface area contributed by atoms with E-state index in [1.165, 1.54) is 22.7 Å². The van der Waals surface area contributed by atoms with Crippen LogP contribution in [-0.2, 0) is 14.3 Å². The highest BCUT2D eigenvalue weighted by atomic mass is 32.2. The summed E-state index contributed by atoms with van der Waals surface area (Å²) < 4.78 is 5.66. The number of carboxylic acids is 1. The van der Waals surface area contributed by atoms with Crippen molar-refractivity contribution in [2.24, 2.45) is 0 Å². The Labute approximate surface area is 251 Å². The van der Waals surface area contributed by atoms with Crippen molar-refractivity contribution in [1.29, 1.82) is 0 Å². The Balaban J connectivity index is 1.58. The van der Waals surface area contributed by atoms with Crippen LogP contribution in [0.1, 0.15) is 42.1 Å². The van der Waals surface area contributed by atoms with Crippen LogP contribution in [-0.4, -0.2) is 65.9 Å². The molecule has 222 valence electrons. The molecule has 3 N–H and O–H groups in total. The zero-order chi connectivity index (χ0) is 30.8. The zero-order valence-corrected chi connectivity index (χ0v) is 26.5. The van der Waals surface area contributed by atoms with Gasteiger partial charge in [-0.05, 0) is 54.4 Å². The molecule has 3 aromatic rings. The number of nitrogens with one attached hydrogen (secondary N) is 2. The Bertz CT molecular complexity index is 1530. The number of esters is 1. The Kier molecular flexibility index (Phi) is 9.03. The quantitative estimate of drug-likeness (QED) is 0.249. The van der Waals surface area contributed by atoms with Crippen molar-refractivity contribution in [1.82, 2.24) is 10.2 Å². The van der Waals surface area contributed by atoms with Crippen LogP contribution in [0.4, 0.5) is 10.5 Å². The summed E-state index contributed by atoms with van der Waals surface area (Å²) in [6.07, 6.45) is 0. The smallest absolute Gasteiger partial charge is 0.335 e. The molecule has 1 fully saturated rings. The second-order valence-corrected chi connectivity index (χ2v) is 18.3. The predicted octanol–water partition coefficient (Wildman–Crippen LogP) is 5.19. The fourth-order valence-corrected chi connectivity index (χ4v) is 8.55. The molecule has 1 saturated heterocycles. The van der Waals surface area contributed by atoms with E-state index in [1.54, 1.807) is 32.9 Å². The lowest BCUT2D eigenvalue weighted by atomic mass is 10.0. The van der Waals surface area contributed by atoms with Crippen LogP contribution in [0, 0.1) is 0 Å². The number of carboxylic acid groups (broad SMARTS) is 1. The molecule has 0 spiro atoms. The van der Waals surface area contributed by atoms with E-state index < -0.39 is 49.0 Å². The third-order valence-corrected chi connectivity index (χ3v) is 10.1. The highest BCUT2D eigenvalue weighted by molar-refractivity contribution is 7.99. The topological polar surface area (TPSA) is 125 Å². The summed E-state index contributed by atoms with van der Waals surface area (Å²) in [6.45, 7) is 11.0. The van der Waals surface area contributed by atoms with Crippen molar-refractivity contribution in [2.45, 2.75) is 57.4 Å². The molecule has 42 heavy (non-hydrogen) atoms. The molecule has 1 unspecified atom stereocenters. The van der Waals surface area contributed by atoms with Gasteiger partial charge < -0.3 is 25.4 Å². The molecule has 1 aliphatic heterocycles. The van der Waals surface area contributed by atoms with Gasteiger partial charge in [-0.3, -0.25) is 4.79 Å². The van der Waals surface area contributed by atoms with E-state index in [0.717, 1.165) is 16.3 Å². The number of benzene rings is 3. The standard InChI is InChI=1S/C31H37N3O6SSi/c1-31(2,3)40-29(38)24-18-41-27(21-14-9-12-19-11-7-8-13-20(19)21)34(24)25(35)17-32-30(39)33-23-16-10-15-22(28(36)37)26(23)42(4,5)6/h7-16,24,27H,17-18H2,1-6H3,(H,36,37)(H2,32,33,39)/t24-,27?/m0/s1. The van der Waals surface area contributed by atoms with Crippen LogP contribution in [0.25, 0.3) is 10.8 Å². The van der Waals surface area contributed by atoms with Gasteiger partial charge in [-0.25, -0.2) is 14.4 Å². The van der Waals surface area contributed by atoms with Gasteiger partial charge in [0, 0.05) is 11.4 Å². The molecule has 0 bridgehead atoms. The van der Waals surface area contributed by atoms with E-state index >= 15 is 0 Å². The lowest BCUT2D eigenvalue weighted by Gasteiger charge is -2.31. The van der Waals surface area contributed by atoms with Gasteiger partial charge >= 0.3 is 18.0 Å². The molecule has 0 saturated carbocycles. The van der Waals surface area contributed by atoms with Crippen LogP contribution in [0.5, 0.6) is 0 Å². The first-order chi connectivity index (χ1) is 19.7. The van der Waals surface area contributed by atoms with Gasteiger partial charge in [0.2, 0.25) is 5.91 Å². The average molecular weight is 608 g/mol.